The van der Waals surface area contributed by atoms with Crippen molar-refractivity contribution >= 4 is 39.1 Å². The highest BCUT2D eigenvalue weighted by Gasteiger charge is 2.10. The Balaban J connectivity index is 2.38. The summed E-state index contributed by atoms with van der Waals surface area (Å²) >= 11 is 3.44. The highest BCUT2D eigenvalue weighted by molar-refractivity contribution is 9.10. The number of aromatic nitrogens is 1. The van der Waals surface area contributed by atoms with E-state index in [0.29, 0.717) is 11.5 Å². The maximum atomic E-state index is 10.8. The molecule has 5 nitrogen and oxygen atoms in total. The molecule has 1 aromatic carbocycles. The van der Waals surface area contributed by atoms with Crippen molar-refractivity contribution in [3.8, 4) is 0 Å². The summed E-state index contributed by atoms with van der Waals surface area (Å²) in [6.45, 7) is 3.95. The number of nitrogens with one attached hydrogen (secondary N) is 1. The number of halogens is 1. The van der Waals surface area contributed by atoms with Crippen LogP contribution in [0.25, 0.3) is 0 Å². The number of carboxylic acids is 1. The first kappa shape index (κ1) is 14.3. The predicted molar refractivity (Wildman–Crippen MR) is 82.5 cm³/mol. The minimum Gasteiger partial charge on any atom is -0.478 e. The van der Waals surface area contributed by atoms with Gasteiger partial charge in [0.25, 0.3) is 0 Å². The van der Waals surface area contributed by atoms with Gasteiger partial charge in [-0.15, -0.1) is 0 Å². The van der Waals surface area contributed by atoms with Gasteiger partial charge in [0.1, 0.15) is 0 Å². The van der Waals surface area contributed by atoms with E-state index in [-0.39, 0.29) is 5.56 Å². The van der Waals surface area contributed by atoms with Crippen LogP contribution in [0.5, 0.6) is 0 Å². The Labute approximate surface area is 125 Å². The Kier molecular flexibility index (Phi) is 3.94. The van der Waals surface area contributed by atoms with E-state index in [1.165, 1.54) is 12.3 Å². The second-order valence-electron chi connectivity index (χ2n) is 4.51. The van der Waals surface area contributed by atoms with E-state index >= 15 is 0 Å². The Morgan fingerprint density at radius 1 is 1.30 bits per heavy atom. The van der Waals surface area contributed by atoms with Gasteiger partial charge in [-0.05, 0) is 43.2 Å². The Bertz CT molecular complexity index is 663. The standard InChI is InChI=1S/C14H14BrN3O2/c1-7-3-10(15)4-8(2)12(7)18-13-11(16)5-9(6-17-13)14(19)20/h3-6H,16H2,1-2H3,(H,17,18)(H,19,20). The molecule has 0 saturated heterocycles. The molecule has 0 fully saturated rings. The first-order valence-corrected chi connectivity index (χ1v) is 6.70. The molecule has 0 aliphatic heterocycles. The van der Waals surface area contributed by atoms with Crippen molar-refractivity contribution in [1.29, 1.82) is 0 Å². The average Bonchev–Trinajstić information content (AvgIpc) is 2.34. The third-order valence-corrected chi connectivity index (χ3v) is 3.36. The molecule has 104 valence electrons. The average molecular weight is 336 g/mol. The van der Waals surface area contributed by atoms with Crippen LogP contribution in [-0.2, 0) is 0 Å². The van der Waals surface area contributed by atoms with Gasteiger partial charge in [0.05, 0.1) is 11.3 Å². The Morgan fingerprint density at radius 2 is 1.90 bits per heavy atom. The van der Waals surface area contributed by atoms with Crippen molar-refractivity contribution < 1.29 is 9.90 Å². The maximum absolute atomic E-state index is 10.8. The summed E-state index contributed by atoms with van der Waals surface area (Å²) in [7, 11) is 0. The molecule has 6 heteroatoms. The topological polar surface area (TPSA) is 88.2 Å². The molecule has 0 radical (unpaired) electrons. The van der Waals surface area contributed by atoms with Crippen molar-refractivity contribution in [2.75, 3.05) is 11.1 Å². The van der Waals surface area contributed by atoms with Crippen molar-refractivity contribution in [1.82, 2.24) is 4.98 Å². The molecule has 0 amide bonds. The molecule has 1 aromatic heterocycles. The molecule has 0 spiro atoms. The van der Waals surface area contributed by atoms with Crippen LogP contribution in [0.2, 0.25) is 0 Å². The molecule has 0 aliphatic carbocycles. The minimum atomic E-state index is -1.05. The summed E-state index contributed by atoms with van der Waals surface area (Å²) in [5, 5.41) is 12.0. The van der Waals surface area contributed by atoms with Crippen LogP contribution in [0.1, 0.15) is 21.5 Å². The molecule has 0 bridgehead atoms. The maximum Gasteiger partial charge on any atom is 0.337 e. The van der Waals surface area contributed by atoms with Gasteiger partial charge in [0, 0.05) is 16.4 Å². The van der Waals surface area contributed by atoms with Crippen LogP contribution in [0, 0.1) is 13.8 Å². The van der Waals surface area contributed by atoms with Crippen LogP contribution in [0.3, 0.4) is 0 Å². The number of aryl methyl sites for hydroxylation is 2. The second-order valence-corrected chi connectivity index (χ2v) is 5.42. The summed E-state index contributed by atoms with van der Waals surface area (Å²) < 4.78 is 1.00. The predicted octanol–water partition coefficient (Wildman–Crippen LogP) is 3.48. The van der Waals surface area contributed by atoms with Crippen LogP contribution in [-0.4, -0.2) is 16.1 Å². The van der Waals surface area contributed by atoms with Crippen LogP contribution in [0.4, 0.5) is 17.2 Å². The van der Waals surface area contributed by atoms with Gasteiger partial charge in [-0.25, -0.2) is 9.78 Å². The van der Waals surface area contributed by atoms with Crippen LogP contribution >= 0.6 is 15.9 Å². The molecule has 0 saturated carbocycles. The number of nitrogens with two attached hydrogens (primary N) is 1. The van der Waals surface area contributed by atoms with Gasteiger partial charge in [-0.3, -0.25) is 0 Å². The fourth-order valence-corrected chi connectivity index (χ4v) is 2.62. The third-order valence-electron chi connectivity index (χ3n) is 2.90. The third kappa shape index (κ3) is 2.91. The molecule has 2 aromatic rings. The van der Waals surface area contributed by atoms with Crippen molar-refractivity contribution in [2.24, 2.45) is 0 Å². The fourth-order valence-electron chi connectivity index (χ4n) is 1.93. The summed E-state index contributed by atoms with van der Waals surface area (Å²) in [6.07, 6.45) is 1.28. The van der Waals surface area contributed by atoms with Crippen molar-refractivity contribution in [3.05, 3.63) is 45.6 Å². The summed E-state index contributed by atoms with van der Waals surface area (Å²) in [5.41, 5.74) is 9.20. The number of anilines is 3. The highest BCUT2D eigenvalue weighted by atomic mass is 79.9. The minimum absolute atomic E-state index is 0.0669. The highest BCUT2D eigenvalue weighted by Crippen LogP contribution is 2.29. The lowest BCUT2D eigenvalue weighted by atomic mass is 10.1. The van der Waals surface area contributed by atoms with E-state index in [9.17, 15) is 4.79 Å². The zero-order chi connectivity index (χ0) is 14.9. The molecule has 0 aliphatic rings. The van der Waals surface area contributed by atoms with E-state index in [2.05, 4.69) is 26.2 Å². The van der Waals surface area contributed by atoms with Gasteiger partial charge in [-0.2, -0.15) is 0 Å². The first-order valence-electron chi connectivity index (χ1n) is 5.91. The number of hydrogen-bond donors (Lipinski definition) is 3. The zero-order valence-corrected chi connectivity index (χ0v) is 12.7. The second kappa shape index (κ2) is 5.50. The number of nitrogens with zero attached hydrogens (tertiary/aromatic N) is 1. The fraction of sp³-hybridized carbons (Fsp3) is 0.143. The van der Waals surface area contributed by atoms with E-state index in [0.717, 1.165) is 21.3 Å². The largest absolute Gasteiger partial charge is 0.478 e. The number of carbonyl (C=O) groups is 1. The molecule has 1 heterocycles. The lowest BCUT2D eigenvalue weighted by Crippen LogP contribution is -2.05. The number of hydrogen-bond acceptors (Lipinski definition) is 4. The first-order chi connectivity index (χ1) is 9.38. The normalized spacial score (nSPS) is 10.3. The van der Waals surface area contributed by atoms with E-state index in [1.807, 2.05) is 26.0 Å². The molecule has 0 unspecified atom stereocenters. The number of carboxylic acid groups (broad SMARTS) is 1. The van der Waals surface area contributed by atoms with Gasteiger partial charge < -0.3 is 16.2 Å². The Morgan fingerprint density at radius 3 is 2.40 bits per heavy atom. The molecular weight excluding hydrogens is 322 g/mol. The van der Waals surface area contributed by atoms with Crippen LogP contribution < -0.4 is 11.1 Å². The van der Waals surface area contributed by atoms with E-state index in [4.69, 9.17) is 10.8 Å². The van der Waals surface area contributed by atoms with Gasteiger partial charge in [-0.1, -0.05) is 15.9 Å². The summed E-state index contributed by atoms with van der Waals surface area (Å²) in [5.74, 6) is -0.602. The molecular formula is C14H14BrN3O2. The molecule has 2 rings (SSSR count). The smallest absolute Gasteiger partial charge is 0.337 e. The van der Waals surface area contributed by atoms with Gasteiger partial charge in [0.2, 0.25) is 0 Å². The lowest BCUT2D eigenvalue weighted by Gasteiger charge is -2.14. The molecule has 20 heavy (non-hydrogen) atoms. The van der Waals surface area contributed by atoms with Gasteiger partial charge in [0.15, 0.2) is 5.82 Å². The van der Waals surface area contributed by atoms with Gasteiger partial charge >= 0.3 is 5.97 Å². The number of aromatic carboxylic acids is 1. The number of pyridine rings is 1. The summed E-state index contributed by atoms with van der Waals surface area (Å²) in [4.78, 5) is 14.9. The molecule has 4 N–H and O–H groups in total. The van der Waals surface area contributed by atoms with E-state index in [1.54, 1.807) is 0 Å². The quantitative estimate of drug-likeness (QED) is 0.799. The lowest BCUT2D eigenvalue weighted by molar-refractivity contribution is 0.0696. The van der Waals surface area contributed by atoms with E-state index < -0.39 is 5.97 Å². The SMILES string of the molecule is Cc1cc(Br)cc(C)c1Nc1ncc(C(=O)O)cc1N. The van der Waals surface area contributed by atoms with Crippen molar-refractivity contribution in [3.63, 3.8) is 0 Å². The molecule has 0 atom stereocenters. The Hall–Kier alpha value is -2.08. The van der Waals surface area contributed by atoms with Crippen LogP contribution in [0.15, 0.2) is 28.9 Å². The summed E-state index contributed by atoms with van der Waals surface area (Å²) in [6, 6.07) is 5.36. The number of rotatable bonds is 3. The monoisotopic (exact) mass is 335 g/mol. The zero-order valence-electron chi connectivity index (χ0n) is 11.1. The number of nitrogen functional groups attached to an aromatic ring is 1. The number of benzene rings is 1. The van der Waals surface area contributed by atoms with Crippen molar-refractivity contribution in [2.45, 2.75) is 13.8 Å².